The number of aromatic nitrogens is 1. The number of rotatable bonds is 3. The molecule has 6 heteroatoms. The van der Waals surface area contributed by atoms with Gasteiger partial charge >= 0.3 is 0 Å². The highest BCUT2D eigenvalue weighted by atomic mass is 79.9. The molecule has 1 heterocycles. The van der Waals surface area contributed by atoms with Gasteiger partial charge in [0.2, 0.25) is 0 Å². The van der Waals surface area contributed by atoms with Crippen molar-refractivity contribution in [3.63, 3.8) is 0 Å². The molecule has 0 saturated heterocycles. The molecule has 0 aliphatic carbocycles. The Morgan fingerprint density at radius 2 is 2.33 bits per heavy atom. The minimum Gasteiger partial charge on any atom is -0.375 e. The van der Waals surface area contributed by atoms with Crippen LogP contribution in [0.25, 0.3) is 0 Å². The predicted octanol–water partition coefficient (Wildman–Crippen LogP) is 3.30. The van der Waals surface area contributed by atoms with Crippen molar-refractivity contribution >= 4 is 44.0 Å². The first-order valence-electron chi connectivity index (χ1n) is 5.41. The molecule has 2 rings (SSSR count). The highest BCUT2D eigenvalue weighted by Crippen LogP contribution is 2.22. The van der Waals surface area contributed by atoms with Crippen LogP contribution >= 0.6 is 27.3 Å². The molecule has 1 aromatic carbocycles. The maximum absolute atomic E-state index is 11.9. The SMILES string of the molecule is CCc1cc(Br)ccc1NC(=O)c1csc(N)n1. The van der Waals surface area contributed by atoms with Crippen LogP contribution in [0.15, 0.2) is 28.1 Å². The molecular weight excluding hydrogens is 314 g/mol. The van der Waals surface area contributed by atoms with Crippen molar-refractivity contribution in [1.29, 1.82) is 0 Å². The molecule has 2 aromatic rings. The van der Waals surface area contributed by atoms with Gasteiger partial charge in [-0.05, 0) is 30.2 Å². The van der Waals surface area contributed by atoms with E-state index in [1.807, 2.05) is 25.1 Å². The van der Waals surface area contributed by atoms with Gasteiger partial charge in [-0.15, -0.1) is 11.3 Å². The van der Waals surface area contributed by atoms with Crippen molar-refractivity contribution in [3.8, 4) is 0 Å². The summed E-state index contributed by atoms with van der Waals surface area (Å²) in [4.78, 5) is 15.9. The fraction of sp³-hybridized carbons (Fsp3) is 0.167. The number of hydrogen-bond acceptors (Lipinski definition) is 4. The van der Waals surface area contributed by atoms with Crippen LogP contribution in [0, 0.1) is 0 Å². The van der Waals surface area contributed by atoms with Crippen LogP contribution < -0.4 is 11.1 Å². The van der Waals surface area contributed by atoms with Crippen LogP contribution in [0.1, 0.15) is 23.0 Å². The van der Waals surface area contributed by atoms with Gasteiger partial charge in [-0.2, -0.15) is 0 Å². The number of nitrogens with two attached hydrogens (primary N) is 1. The van der Waals surface area contributed by atoms with Crippen molar-refractivity contribution in [2.75, 3.05) is 11.1 Å². The molecule has 4 nitrogen and oxygen atoms in total. The molecule has 0 saturated carbocycles. The summed E-state index contributed by atoms with van der Waals surface area (Å²) in [5.41, 5.74) is 7.73. The minimum atomic E-state index is -0.236. The fourth-order valence-electron chi connectivity index (χ4n) is 1.55. The van der Waals surface area contributed by atoms with E-state index >= 15 is 0 Å². The summed E-state index contributed by atoms with van der Waals surface area (Å²) in [5.74, 6) is -0.236. The van der Waals surface area contributed by atoms with Gasteiger partial charge in [0.15, 0.2) is 5.13 Å². The van der Waals surface area contributed by atoms with Crippen molar-refractivity contribution in [3.05, 3.63) is 39.3 Å². The Morgan fingerprint density at radius 3 is 2.94 bits per heavy atom. The van der Waals surface area contributed by atoms with E-state index in [0.29, 0.717) is 10.8 Å². The molecule has 0 spiro atoms. The first-order valence-corrected chi connectivity index (χ1v) is 7.08. The molecule has 3 N–H and O–H groups in total. The van der Waals surface area contributed by atoms with E-state index in [-0.39, 0.29) is 5.91 Å². The Kier molecular flexibility index (Phi) is 3.98. The summed E-state index contributed by atoms with van der Waals surface area (Å²) in [5, 5.41) is 4.89. The first kappa shape index (κ1) is 13.0. The van der Waals surface area contributed by atoms with E-state index in [2.05, 4.69) is 26.2 Å². The maximum atomic E-state index is 11.9. The molecule has 0 unspecified atom stereocenters. The number of anilines is 2. The summed E-state index contributed by atoms with van der Waals surface area (Å²) in [6.45, 7) is 2.04. The van der Waals surface area contributed by atoms with E-state index in [1.54, 1.807) is 5.38 Å². The van der Waals surface area contributed by atoms with E-state index in [0.717, 1.165) is 22.1 Å². The van der Waals surface area contributed by atoms with Gasteiger partial charge in [0.1, 0.15) is 5.69 Å². The van der Waals surface area contributed by atoms with E-state index in [1.165, 1.54) is 11.3 Å². The molecule has 18 heavy (non-hydrogen) atoms. The monoisotopic (exact) mass is 325 g/mol. The largest absolute Gasteiger partial charge is 0.375 e. The lowest BCUT2D eigenvalue weighted by Crippen LogP contribution is -2.13. The zero-order chi connectivity index (χ0) is 13.1. The Hall–Kier alpha value is -1.40. The highest BCUT2D eigenvalue weighted by Gasteiger charge is 2.11. The number of amides is 1. The molecule has 0 fully saturated rings. The average Bonchev–Trinajstić information content (AvgIpc) is 2.78. The number of carbonyl (C=O) groups is 1. The fourth-order valence-corrected chi connectivity index (χ4v) is 2.51. The zero-order valence-corrected chi connectivity index (χ0v) is 12.1. The quantitative estimate of drug-likeness (QED) is 0.909. The van der Waals surface area contributed by atoms with Crippen LogP contribution in [-0.2, 0) is 6.42 Å². The smallest absolute Gasteiger partial charge is 0.275 e. The normalized spacial score (nSPS) is 10.3. The number of nitrogens with zero attached hydrogens (tertiary/aromatic N) is 1. The van der Waals surface area contributed by atoms with Crippen LogP contribution in [0.5, 0.6) is 0 Å². The van der Waals surface area contributed by atoms with Crippen LogP contribution in [0.2, 0.25) is 0 Å². The lowest BCUT2D eigenvalue weighted by molar-refractivity contribution is 0.102. The van der Waals surface area contributed by atoms with E-state index < -0.39 is 0 Å². The summed E-state index contributed by atoms with van der Waals surface area (Å²) >= 11 is 4.67. The van der Waals surface area contributed by atoms with Gasteiger partial charge in [0.05, 0.1) is 0 Å². The number of halogens is 1. The lowest BCUT2D eigenvalue weighted by atomic mass is 10.1. The standard InChI is InChI=1S/C12H12BrN3OS/c1-2-7-5-8(13)3-4-9(7)15-11(17)10-6-18-12(14)16-10/h3-6H,2H2,1H3,(H2,14,16)(H,15,17). The van der Waals surface area contributed by atoms with Gasteiger partial charge in [-0.3, -0.25) is 4.79 Å². The van der Waals surface area contributed by atoms with Gasteiger partial charge in [0.25, 0.3) is 5.91 Å². The molecule has 0 aliphatic rings. The van der Waals surface area contributed by atoms with Crippen molar-refractivity contribution in [2.45, 2.75) is 13.3 Å². The first-order chi connectivity index (χ1) is 8.60. The average molecular weight is 326 g/mol. The number of thiazole rings is 1. The molecule has 1 amide bonds. The number of nitrogens with one attached hydrogen (secondary N) is 1. The molecule has 0 aliphatic heterocycles. The number of hydrogen-bond donors (Lipinski definition) is 2. The van der Waals surface area contributed by atoms with Crippen LogP contribution in [0.3, 0.4) is 0 Å². The molecule has 0 radical (unpaired) electrons. The second-order valence-electron chi connectivity index (χ2n) is 3.68. The highest BCUT2D eigenvalue weighted by molar-refractivity contribution is 9.10. The summed E-state index contributed by atoms with van der Waals surface area (Å²) in [6.07, 6.45) is 0.842. The third-order valence-electron chi connectivity index (χ3n) is 2.45. The summed E-state index contributed by atoms with van der Waals surface area (Å²) < 4.78 is 0.996. The van der Waals surface area contributed by atoms with Gasteiger partial charge in [-0.25, -0.2) is 4.98 Å². The number of aryl methyl sites for hydroxylation is 1. The number of carbonyl (C=O) groups excluding carboxylic acids is 1. The molecule has 0 bridgehead atoms. The second kappa shape index (κ2) is 5.49. The van der Waals surface area contributed by atoms with Gasteiger partial charge in [-0.1, -0.05) is 22.9 Å². The Morgan fingerprint density at radius 1 is 1.56 bits per heavy atom. The van der Waals surface area contributed by atoms with Crippen molar-refractivity contribution in [1.82, 2.24) is 4.98 Å². The summed E-state index contributed by atoms with van der Waals surface area (Å²) in [7, 11) is 0. The Labute approximate surface area is 117 Å². The van der Waals surface area contributed by atoms with Crippen LogP contribution in [0.4, 0.5) is 10.8 Å². The van der Waals surface area contributed by atoms with Gasteiger partial charge < -0.3 is 11.1 Å². The summed E-state index contributed by atoms with van der Waals surface area (Å²) in [6, 6.07) is 5.76. The minimum absolute atomic E-state index is 0.236. The Balaban J connectivity index is 2.21. The predicted molar refractivity (Wildman–Crippen MR) is 78.0 cm³/mol. The van der Waals surface area contributed by atoms with E-state index in [4.69, 9.17) is 5.73 Å². The maximum Gasteiger partial charge on any atom is 0.275 e. The third kappa shape index (κ3) is 2.88. The lowest BCUT2D eigenvalue weighted by Gasteiger charge is -2.09. The van der Waals surface area contributed by atoms with Crippen molar-refractivity contribution < 1.29 is 4.79 Å². The molecule has 94 valence electrons. The number of nitrogen functional groups attached to an aromatic ring is 1. The van der Waals surface area contributed by atoms with E-state index in [9.17, 15) is 4.79 Å². The zero-order valence-electron chi connectivity index (χ0n) is 9.74. The molecule has 0 atom stereocenters. The topological polar surface area (TPSA) is 68.0 Å². The molecule has 1 aromatic heterocycles. The third-order valence-corrected chi connectivity index (χ3v) is 3.62. The van der Waals surface area contributed by atoms with Crippen LogP contribution in [-0.4, -0.2) is 10.9 Å². The second-order valence-corrected chi connectivity index (χ2v) is 5.49. The van der Waals surface area contributed by atoms with Crippen molar-refractivity contribution in [2.24, 2.45) is 0 Å². The van der Waals surface area contributed by atoms with Gasteiger partial charge in [0, 0.05) is 15.5 Å². The molecular formula is C12H12BrN3OS. The Bertz CT molecular complexity index is 582. The number of benzene rings is 1.